The molecule has 0 spiro atoms. The molecule has 3 amide bonds. The fraction of sp³-hybridized carbons (Fsp3) is 0.500. The summed E-state index contributed by atoms with van der Waals surface area (Å²) in [6, 6.07) is 9.81. The highest BCUT2D eigenvalue weighted by Crippen LogP contribution is 2.29. The number of hydrogen-bond donors (Lipinski definition) is 0. The van der Waals surface area contributed by atoms with Crippen LogP contribution in [-0.2, 0) is 9.59 Å². The summed E-state index contributed by atoms with van der Waals surface area (Å²) in [5.74, 6) is 0.193. The third-order valence-electron chi connectivity index (χ3n) is 4.83. The normalized spacial score (nSPS) is 20.5. The van der Waals surface area contributed by atoms with E-state index in [2.05, 4.69) is 0 Å². The first-order chi connectivity index (χ1) is 11.6. The van der Waals surface area contributed by atoms with Crippen LogP contribution in [0.5, 0.6) is 0 Å². The van der Waals surface area contributed by atoms with E-state index >= 15 is 0 Å². The van der Waals surface area contributed by atoms with Crippen molar-refractivity contribution in [3.8, 4) is 0 Å². The Hall–Kier alpha value is -1.82. The second kappa shape index (κ2) is 7.38. The van der Waals surface area contributed by atoms with E-state index in [1.165, 1.54) is 4.90 Å². The van der Waals surface area contributed by atoms with Gasteiger partial charge in [-0.3, -0.25) is 19.3 Å². The molecule has 6 heteroatoms. The minimum absolute atomic E-state index is 0.0548. The lowest BCUT2D eigenvalue weighted by molar-refractivity contribution is -0.135. The van der Waals surface area contributed by atoms with Crippen molar-refractivity contribution in [1.82, 2.24) is 9.80 Å². The maximum atomic E-state index is 12.9. The van der Waals surface area contributed by atoms with E-state index < -0.39 is 0 Å². The van der Waals surface area contributed by atoms with Crippen LogP contribution in [0, 0.1) is 0 Å². The molecule has 2 saturated heterocycles. The summed E-state index contributed by atoms with van der Waals surface area (Å²) in [5.41, 5.74) is 1.05. The standard InChI is InChI=1S/C18H22N2O3S/c1-2-15(13-6-4-3-5-7-13)17(22)19-10-8-14(9-11-19)20-16(21)12-24-18(20)23/h3-7,14-15H,2,8-12H2,1H3/t15-/m1/s1. The summed E-state index contributed by atoms with van der Waals surface area (Å²) in [6.45, 7) is 3.24. The van der Waals surface area contributed by atoms with Crippen LogP contribution in [0.15, 0.2) is 30.3 Å². The van der Waals surface area contributed by atoms with Gasteiger partial charge in [0.2, 0.25) is 11.8 Å². The molecule has 3 rings (SSSR count). The highest BCUT2D eigenvalue weighted by atomic mass is 32.2. The van der Waals surface area contributed by atoms with Crippen LogP contribution in [0.1, 0.15) is 37.7 Å². The minimum Gasteiger partial charge on any atom is -0.342 e. The molecule has 5 nitrogen and oxygen atoms in total. The van der Waals surface area contributed by atoms with E-state index in [9.17, 15) is 14.4 Å². The van der Waals surface area contributed by atoms with Crippen molar-refractivity contribution < 1.29 is 14.4 Å². The molecule has 0 bridgehead atoms. The molecular weight excluding hydrogens is 324 g/mol. The van der Waals surface area contributed by atoms with E-state index in [1.54, 1.807) is 0 Å². The predicted octanol–water partition coefficient (Wildman–Crippen LogP) is 2.87. The Balaban J connectivity index is 1.62. The molecule has 2 aliphatic heterocycles. The second-order valence-corrected chi connectivity index (χ2v) is 7.17. The number of likely N-dealkylation sites (tertiary alicyclic amines) is 1. The van der Waals surface area contributed by atoms with Gasteiger partial charge in [0.25, 0.3) is 5.24 Å². The van der Waals surface area contributed by atoms with Crippen LogP contribution in [0.2, 0.25) is 0 Å². The molecule has 128 valence electrons. The zero-order valence-electron chi connectivity index (χ0n) is 13.8. The molecular formula is C18H22N2O3S. The van der Waals surface area contributed by atoms with E-state index in [0.29, 0.717) is 25.9 Å². The van der Waals surface area contributed by atoms with Gasteiger partial charge in [-0.2, -0.15) is 0 Å². The highest BCUT2D eigenvalue weighted by molar-refractivity contribution is 8.14. The largest absolute Gasteiger partial charge is 0.342 e. The Morgan fingerprint density at radius 2 is 1.88 bits per heavy atom. The third-order valence-corrected chi connectivity index (χ3v) is 5.67. The Bertz CT molecular complexity index is 610. The number of amides is 3. The first-order valence-corrected chi connectivity index (χ1v) is 9.43. The van der Waals surface area contributed by atoms with Gasteiger partial charge in [0.15, 0.2) is 0 Å². The number of piperidine rings is 1. The van der Waals surface area contributed by atoms with Crippen molar-refractivity contribution in [2.24, 2.45) is 0 Å². The van der Waals surface area contributed by atoms with E-state index in [-0.39, 0.29) is 34.8 Å². The van der Waals surface area contributed by atoms with Gasteiger partial charge in [0.05, 0.1) is 11.7 Å². The van der Waals surface area contributed by atoms with Gasteiger partial charge in [0, 0.05) is 19.1 Å². The lowest BCUT2D eigenvalue weighted by Gasteiger charge is -2.37. The number of thioether (sulfide) groups is 1. The van der Waals surface area contributed by atoms with Gasteiger partial charge in [0.1, 0.15) is 0 Å². The van der Waals surface area contributed by atoms with Crippen molar-refractivity contribution in [2.45, 2.75) is 38.1 Å². The van der Waals surface area contributed by atoms with E-state index in [1.807, 2.05) is 42.2 Å². The number of hydrogen-bond acceptors (Lipinski definition) is 4. The van der Waals surface area contributed by atoms with E-state index in [0.717, 1.165) is 23.7 Å². The number of imide groups is 1. The molecule has 2 heterocycles. The molecule has 0 aromatic heterocycles. The summed E-state index contributed by atoms with van der Waals surface area (Å²) in [4.78, 5) is 39.8. The lowest BCUT2D eigenvalue weighted by Crippen LogP contribution is -2.49. The molecule has 1 aromatic carbocycles. The molecule has 0 saturated carbocycles. The Morgan fingerprint density at radius 3 is 2.42 bits per heavy atom. The van der Waals surface area contributed by atoms with Crippen LogP contribution in [0.25, 0.3) is 0 Å². The SMILES string of the molecule is CC[C@@H](C(=O)N1CCC(N2C(=O)CSC2=O)CC1)c1ccccc1. The van der Waals surface area contributed by atoms with Crippen molar-refractivity contribution >= 4 is 28.8 Å². The maximum absolute atomic E-state index is 12.9. The zero-order chi connectivity index (χ0) is 17.1. The summed E-state index contributed by atoms with van der Waals surface area (Å²) in [5, 5.41) is -0.138. The molecule has 24 heavy (non-hydrogen) atoms. The molecule has 0 aliphatic carbocycles. The average Bonchev–Trinajstić information content (AvgIpc) is 2.95. The highest BCUT2D eigenvalue weighted by Gasteiger charge is 2.38. The zero-order valence-corrected chi connectivity index (χ0v) is 14.6. The van der Waals surface area contributed by atoms with Crippen LogP contribution in [0.3, 0.4) is 0 Å². The minimum atomic E-state index is -0.138. The summed E-state index contributed by atoms with van der Waals surface area (Å²) in [7, 11) is 0. The van der Waals surface area contributed by atoms with Crippen LogP contribution in [0.4, 0.5) is 4.79 Å². The van der Waals surface area contributed by atoms with Crippen molar-refractivity contribution in [3.05, 3.63) is 35.9 Å². The van der Waals surface area contributed by atoms with Gasteiger partial charge in [-0.05, 0) is 24.8 Å². The number of benzene rings is 1. The average molecular weight is 346 g/mol. The lowest BCUT2D eigenvalue weighted by atomic mass is 9.93. The van der Waals surface area contributed by atoms with Gasteiger partial charge < -0.3 is 4.90 Å². The molecule has 1 aromatic rings. The quantitative estimate of drug-likeness (QED) is 0.841. The first kappa shape index (κ1) is 17.0. The molecule has 2 fully saturated rings. The molecule has 0 radical (unpaired) electrons. The van der Waals surface area contributed by atoms with Gasteiger partial charge in [-0.25, -0.2) is 0 Å². The topological polar surface area (TPSA) is 57.7 Å². The molecule has 1 atom stereocenters. The van der Waals surface area contributed by atoms with Gasteiger partial charge in [-0.15, -0.1) is 0 Å². The second-order valence-electron chi connectivity index (χ2n) is 6.25. The van der Waals surface area contributed by atoms with Gasteiger partial charge >= 0.3 is 0 Å². The number of carbonyl (C=O) groups excluding carboxylic acids is 3. The van der Waals surface area contributed by atoms with E-state index in [4.69, 9.17) is 0 Å². The Labute approximate surface area is 146 Å². The smallest absolute Gasteiger partial charge is 0.289 e. The van der Waals surface area contributed by atoms with Crippen molar-refractivity contribution in [1.29, 1.82) is 0 Å². The molecule has 0 N–H and O–H groups in total. The van der Waals surface area contributed by atoms with Gasteiger partial charge in [-0.1, -0.05) is 49.0 Å². The maximum Gasteiger partial charge on any atom is 0.289 e. The van der Waals surface area contributed by atoms with Crippen LogP contribution < -0.4 is 0 Å². The number of nitrogens with zero attached hydrogens (tertiary/aromatic N) is 2. The predicted molar refractivity (Wildman–Crippen MR) is 93.8 cm³/mol. The van der Waals surface area contributed by atoms with Crippen LogP contribution >= 0.6 is 11.8 Å². The summed E-state index contributed by atoms with van der Waals surface area (Å²) in [6.07, 6.45) is 2.12. The third kappa shape index (κ3) is 3.34. The molecule has 2 aliphatic rings. The van der Waals surface area contributed by atoms with Crippen LogP contribution in [-0.4, -0.2) is 51.7 Å². The Morgan fingerprint density at radius 1 is 1.21 bits per heavy atom. The fourth-order valence-electron chi connectivity index (χ4n) is 3.52. The van der Waals surface area contributed by atoms with Crippen molar-refractivity contribution in [2.75, 3.05) is 18.8 Å². The fourth-order valence-corrected chi connectivity index (χ4v) is 4.30. The first-order valence-electron chi connectivity index (χ1n) is 8.44. The Kier molecular flexibility index (Phi) is 5.23. The monoisotopic (exact) mass is 346 g/mol. The molecule has 0 unspecified atom stereocenters. The van der Waals surface area contributed by atoms with Crippen molar-refractivity contribution in [3.63, 3.8) is 0 Å². The number of carbonyl (C=O) groups is 3. The summed E-state index contributed by atoms with van der Waals surface area (Å²) < 4.78 is 0. The number of rotatable bonds is 4. The summed E-state index contributed by atoms with van der Waals surface area (Å²) >= 11 is 1.08.